The molecule has 0 aromatic carbocycles. The highest BCUT2D eigenvalue weighted by Gasteiger charge is 2.39. The van der Waals surface area contributed by atoms with Crippen LogP contribution < -0.4 is 0 Å². The van der Waals surface area contributed by atoms with Crippen LogP contribution >= 0.6 is 11.6 Å². The number of rotatable bonds is 6. The van der Waals surface area contributed by atoms with Gasteiger partial charge in [-0.05, 0) is 26.3 Å². The van der Waals surface area contributed by atoms with Crippen LogP contribution in [-0.2, 0) is 13.3 Å². The van der Waals surface area contributed by atoms with E-state index in [0.29, 0.717) is 19.8 Å². The molecule has 0 aliphatic rings. The van der Waals surface area contributed by atoms with E-state index in [-0.39, 0.29) is 5.88 Å². The summed E-state index contributed by atoms with van der Waals surface area (Å²) < 4.78 is 16.4. The first-order valence-corrected chi connectivity index (χ1v) is 6.98. The number of alkyl halides is 1. The summed E-state index contributed by atoms with van der Waals surface area (Å²) in [6, 6.07) is 0. The van der Waals surface area contributed by atoms with Gasteiger partial charge < -0.3 is 13.3 Å². The van der Waals surface area contributed by atoms with Crippen LogP contribution in [-0.4, -0.2) is 34.5 Å². The summed E-state index contributed by atoms with van der Waals surface area (Å²) in [7, 11) is -2.76. The molecule has 0 aliphatic heterocycles. The Balaban J connectivity index is 4.54. The molecule has 0 saturated heterocycles. The standard InChI is InChI=1S/C9H17ClO3Si/c1-4-11-14(12-5-2,13-6-3)9-7-8-10/h4-6,8H2,1-3H3. The zero-order valence-corrected chi connectivity index (χ0v) is 10.7. The molecule has 5 heteroatoms. The van der Waals surface area contributed by atoms with E-state index in [9.17, 15) is 0 Å². The maximum Gasteiger partial charge on any atom is 0.591 e. The van der Waals surface area contributed by atoms with Crippen molar-refractivity contribution in [2.24, 2.45) is 0 Å². The summed E-state index contributed by atoms with van der Waals surface area (Å²) in [6.07, 6.45) is 0. The predicted molar refractivity (Wildman–Crippen MR) is 59.1 cm³/mol. The fraction of sp³-hybridized carbons (Fsp3) is 0.778. The minimum atomic E-state index is -2.76. The van der Waals surface area contributed by atoms with Gasteiger partial charge in [0.1, 0.15) is 0 Å². The summed E-state index contributed by atoms with van der Waals surface area (Å²) in [5.74, 6) is 3.01. The number of hydrogen-bond acceptors (Lipinski definition) is 3. The van der Waals surface area contributed by atoms with E-state index in [2.05, 4.69) is 11.5 Å². The average molecular weight is 237 g/mol. The highest BCUT2D eigenvalue weighted by Crippen LogP contribution is 2.08. The van der Waals surface area contributed by atoms with Gasteiger partial charge >= 0.3 is 8.80 Å². The minimum Gasteiger partial charge on any atom is -0.364 e. The van der Waals surface area contributed by atoms with Gasteiger partial charge in [0, 0.05) is 19.8 Å². The Labute approximate surface area is 92.1 Å². The lowest BCUT2D eigenvalue weighted by Crippen LogP contribution is -2.45. The zero-order valence-electron chi connectivity index (χ0n) is 8.93. The van der Waals surface area contributed by atoms with Crippen molar-refractivity contribution in [1.82, 2.24) is 0 Å². The third kappa shape index (κ3) is 4.98. The Morgan fingerprint density at radius 1 is 1.00 bits per heavy atom. The zero-order chi connectivity index (χ0) is 10.9. The lowest BCUT2D eigenvalue weighted by Gasteiger charge is -2.22. The van der Waals surface area contributed by atoms with E-state index < -0.39 is 8.80 Å². The lowest BCUT2D eigenvalue weighted by atomic mass is 10.8. The quantitative estimate of drug-likeness (QED) is 0.400. The van der Waals surface area contributed by atoms with Crippen molar-refractivity contribution in [3.8, 4) is 11.5 Å². The number of hydrogen-bond donors (Lipinski definition) is 0. The van der Waals surface area contributed by atoms with Gasteiger partial charge in [-0.3, -0.25) is 0 Å². The topological polar surface area (TPSA) is 27.7 Å². The Bertz CT molecular complexity index is 183. The van der Waals surface area contributed by atoms with Gasteiger partial charge in [0.2, 0.25) is 0 Å². The molecular weight excluding hydrogens is 220 g/mol. The molecule has 0 aromatic rings. The molecule has 3 nitrogen and oxygen atoms in total. The highest BCUT2D eigenvalue weighted by atomic mass is 35.5. The molecule has 0 rings (SSSR count). The van der Waals surface area contributed by atoms with E-state index in [0.717, 1.165) is 0 Å². The second-order valence-electron chi connectivity index (χ2n) is 2.29. The van der Waals surface area contributed by atoms with Gasteiger partial charge in [-0.15, -0.1) is 11.6 Å². The predicted octanol–water partition coefficient (Wildman–Crippen LogP) is 1.82. The van der Waals surface area contributed by atoms with Crippen LogP contribution in [0.5, 0.6) is 0 Å². The van der Waals surface area contributed by atoms with Gasteiger partial charge in [-0.2, -0.15) is 0 Å². The summed E-state index contributed by atoms with van der Waals surface area (Å²) >= 11 is 5.49. The van der Waals surface area contributed by atoms with Crippen LogP contribution in [0.15, 0.2) is 0 Å². The van der Waals surface area contributed by atoms with Crippen molar-refractivity contribution >= 4 is 20.4 Å². The largest absolute Gasteiger partial charge is 0.591 e. The van der Waals surface area contributed by atoms with Crippen molar-refractivity contribution in [2.75, 3.05) is 25.7 Å². The van der Waals surface area contributed by atoms with E-state index in [4.69, 9.17) is 24.9 Å². The molecule has 0 radical (unpaired) electrons. The van der Waals surface area contributed by atoms with Crippen LogP contribution in [0.1, 0.15) is 20.8 Å². The summed E-state index contributed by atoms with van der Waals surface area (Å²) in [5, 5.41) is 0. The van der Waals surface area contributed by atoms with Crippen molar-refractivity contribution in [3.05, 3.63) is 0 Å². The third-order valence-electron chi connectivity index (χ3n) is 1.31. The van der Waals surface area contributed by atoms with Gasteiger partial charge in [0.05, 0.1) is 5.88 Å². The fourth-order valence-corrected chi connectivity index (χ4v) is 3.04. The van der Waals surface area contributed by atoms with Crippen molar-refractivity contribution in [3.63, 3.8) is 0 Å². The SMILES string of the molecule is CCO[Si](C#CCCl)(OCC)OCC. The van der Waals surface area contributed by atoms with Gasteiger partial charge in [0.25, 0.3) is 0 Å². The van der Waals surface area contributed by atoms with Crippen LogP contribution in [0.4, 0.5) is 0 Å². The van der Waals surface area contributed by atoms with Crippen LogP contribution in [0.25, 0.3) is 0 Å². The Morgan fingerprint density at radius 3 is 1.71 bits per heavy atom. The van der Waals surface area contributed by atoms with Crippen molar-refractivity contribution in [1.29, 1.82) is 0 Å². The van der Waals surface area contributed by atoms with Crippen LogP contribution in [0.3, 0.4) is 0 Å². The highest BCUT2D eigenvalue weighted by molar-refractivity contribution is 6.69. The maximum absolute atomic E-state index is 5.49. The lowest BCUT2D eigenvalue weighted by molar-refractivity contribution is 0.0870. The first kappa shape index (κ1) is 13.9. The van der Waals surface area contributed by atoms with Crippen molar-refractivity contribution < 1.29 is 13.3 Å². The molecule has 0 aliphatic carbocycles. The van der Waals surface area contributed by atoms with Crippen LogP contribution in [0, 0.1) is 11.5 Å². The van der Waals surface area contributed by atoms with Crippen LogP contribution in [0.2, 0.25) is 0 Å². The van der Waals surface area contributed by atoms with Gasteiger partial charge in [-0.1, -0.05) is 5.92 Å². The number of halogens is 1. The third-order valence-corrected chi connectivity index (χ3v) is 3.93. The van der Waals surface area contributed by atoms with Gasteiger partial charge in [0.15, 0.2) is 0 Å². The molecule has 0 atom stereocenters. The summed E-state index contributed by atoms with van der Waals surface area (Å²) in [4.78, 5) is 0. The first-order chi connectivity index (χ1) is 6.74. The average Bonchev–Trinajstić information content (AvgIpc) is 2.16. The second-order valence-corrected chi connectivity index (χ2v) is 4.79. The first-order valence-electron chi connectivity index (χ1n) is 4.72. The normalized spacial score (nSPS) is 10.9. The fourth-order valence-electron chi connectivity index (χ4n) is 0.945. The molecular formula is C9H17ClO3Si. The molecule has 14 heavy (non-hydrogen) atoms. The molecule has 0 heterocycles. The molecule has 82 valence electrons. The van der Waals surface area contributed by atoms with E-state index in [1.54, 1.807) is 0 Å². The Kier molecular flexibility index (Phi) is 8.24. The molecule has 0 N–H and O–H groups in total. The maximum atomic E-state index is 5.49. The second kappa shape index (κ2) is 8.27. The molecule has 0 unspecified atom stereocenters. The molecule has 0 bridgehead atoms. The van der Waals surface area contributed by atoms with Gasteiger partial charge in [-0.25, -0.2) is 0 Å². The molecule has 0 fully saturated rings. The monoisotopic (exact) mass is 236 g/mol. The van der Waals surface area contributed by atoms with Crippen molar-refractivity contribution in [2.45, 2.75) is 20.8 Å². The Morgan fingerprint density at radius 2 is 1.43 bits per heavy atom. The minimum absolute atomic E-state index is 0.266. The molecule has 0 saturated carbocycles. The molecule has 0 aromatic heterocycles. The summed E-state index contributed by atoms with van der Waals surface area (Å²) in [6.45, 7) is 7.27. The van der Waals surface area contributed by atoms with E-state index >= 15 is 0 Å². The molecule has 0 amide bonds. The smallest absolute Gasteiger partial charge is 0.364 e. The summed E-state index contributed by atoms with van der Waals surface area (Å²) in [5.41, 5.74) is 2.88. The molecule has 0 spiro atoms. The van der Waals surface area contributed by atoms with E-state index in [1.165, 1.54) is 0 Å². The van der Waals surface area contributed by atoms with E-state index in [1.807, 2.05) is 20.8 Å². The Hall–Kier alpha value is -0.0531.